The molecular weight excluding hydrogens is 310 g/mol. The predicted molar refractivity (Wildman–Crippen MR) is 80.0 cm³/mol. The number of allylic oxidation sites excluding steroid dienone is 1. The van der Waals surface area contributed by atoms with Gasteiger partial charge in [-0.2, -0.15) is 14.0 Å². The van der Waals surface area contributed by atoms with Crippen LogP contribution >= 0.6 is 11.3 Å². The molecule has 0 bridgehead atoms. The lowest BCUT2D eigenvalue weighted by atomic mass is 10.1. The minimum Gasteiger partial charge on any atom is -0.493 e. The van der Waals surface area contributed by atoms with Crippen molar-refractivity contribution in [1.29, 1.82) is 5.26 Å². The van der Waals surface area contributed by atoms with E-state index in [2.05, 4.69) is 9.72 Å². The lowest BCUT2D eigenvalue weighted by Gasteiger charge is -2.12. The van der Waals surface area contributed by atoms with Gasteiger partial charge in [0.15, 0.2) is 11.5 Å². The highest BCUT2D eigenvalue weighted by atomic mass is 32.1. The van der Waals surface area contributed by atoms with Crippen LogP contribution in [0.1, 0.15) is 16.3 Å². The Balaban J connectivity index is 2.51. The molecule has 7 heteroatoms. The van der Waals surface area contributed by atoms with E-state index in [1.807, 2.05) is 18.4 Å². The maximum absolute atomic E-state index is 12.6. The molecule has 0 fully saturated rings. The summed E-state index contributed by atoms with van der Waals surface area (Å²) in [5.41, 5.74) is 1.38. The maximum atomic E-state index is 12.6. The molecular formula is C15H12F2N2O2S. The van der Waals surface area contributed by atoms with Gasteiger partial charge >= 0.3 is 6.61 Å². The first-order valence-corrected chi connectivity index (χ1v) is 7.09. The molecule has 0 radical (unpaired) electrons. The molecule has 0 amide bonds. The van der Waals surface area contributed by atoms with Crippen LogP contribution in [0.2, 0.25) is 0 Å². The number of thiazole rings is 1. The molecule has 0 spiro atoms. The minimum atomic E-state index is -2.99. The third-order valence-corrected chi connectivity index (χ3v) is 3.70. The number of ether oxygens (including phenoxy) is 2. The average molecular weight is 322 g/mol. The van der Waals surface area contributed by atoms with Crippen LogP contribution in [0, 0.1) is 18.3 Å². The number of hydrogen-bond donors (Lipinski definition) is 0. The molecule has 2 rings (SSSR count). The van der Waals surface area contributed by atoms with Crippen molar-refractivity contribution in [2.45, 2.75) is 13.5 Å². The Hall–Kier alpha value is -2.46. The van der Waals surface area contributed by atoms with Crippen molar-refractivity contribution in [3.8, 4) is 17.6 Å². The second kappa shape index (κ2) is 7.00. The maximum Gasteiger partial charge on any atom is 0.387 e. The zero-order valence-corrected chi connectivity index (χ0v) is 12.7. The fourth-order valence-electron chi connectivity index (χ4n) is 1.80. The SMILES string of the molecule is COc1cccc(/C=C(/C#N)c2nc(C)cs2)c1OC(F)F. The molecule has 0 atom stereocenters. The van der Waals surface area contributed by atoms with E-state index < -0.39 is 6.61 Å². The molecule has 0 aliphatic rings. The Morgan fingerprint density at radius 1 is 1.45 bits per heavy atom. The Morgan fingerprint density at radius 2 is 2.23 bits per heavy atom. The van der Waals surface area contributed by atoms with Crippen molar-refractivity contribution in [3.05, 3.63) is 39.8 Å². The van der Waals surface area contributed by atoms with Crippen molar-refractivity contribution in [2.75, 3.05) is 7.11 Å². The highest BCUT2D eigenvalue weighted by Crippen LogP contribution is 2.35. The average Bonchev–Trinajstić information content (AvgIpc) is 2.91. The lowest BCUT2D eigenvalue weighted by molar-refractivity contribution is -0.0513. The number of nitriles is 1. The van der Waals surface area contributed by atoms with Crippen molar-refractivity contribution >= 4 is 23.0 Å². The fraction of sp³-hybridized carbons (Fsp3) is 0.200. The van der Waals surface area contributed by atoms with Gasteiger partial charge in [-0.05, 0) is 19.1 Å². The predicted octanol–water partition coefficient (Wildman–Crippen LogP) is 4.13. The first kappa shape index (κ1) is 15.9. The van der Waals surface area contributed by atoms with Crippen LogP contribution in [0.5, 0.6) is 11.5 Å². The molecule has 0 aliphatic carbocycles. The van der Waals surface area contributed by atoms with Gasteiger partial charge in [-0.25, -0.2) is 4.98 Å². The van der Waals surface area contributed by atoms with E-state index >= 15 is 0 Å². The van der Waals surface area contributed by atoms with Crippen LogP contribution in [0.25, 0.3) is 11.6 Å². The molecule has 0 N–H and O–H groups in total. The summed E-state index contributed by atoms with van der Waals surface area (Å²) in [4.78, 5) is 4.22. The number of hydrogen-bond acceptors (Lipinski definition) is 5. The Kier molecular flexibility index (Phi) is 5.07. The zero-order valence-electron chi connectivity index (χ0n) is 11.8. The van der Waals surface area contributed by atoms with Gasteiger partial charge in [0.25, 0.3) is 0 Å². The standard InChI is InChI=1S/C15H12F2N2O2S/c1-9-8-22-14(19-9)11(7-18)6-10-4-3-5-12(20-2)13(10)21-15(16)17/h3-6,8,15H,1-2H3/b11-6-. The summed E-state index contributed by atoms with van der Waals surface area (Å²) in [5.74, 6) is 0.0580. The number of halogens is 2. The molecule has 1 aromatic carbocycles. The molecule has 1 aromatic heterocycles. The second-order valence-electron chi connectivity index (χ2n) is 4.22. The van der Waals surface area contributed by atoms with Crippen molar-refractivity contribution in [3.63, 3.8) is 0 Å². The Morgan fingerprint density at radius 3 is 2.77 bits per heavy atom. The smallest absolute Gasteiger partial charge is 0.387 e. The summed E-state index contributed by atoms with van der Waals surface area (Å²) < 4.78 is 34.7. The summed E-state index contributed by atoms with van der Waals surface area (Å²) in [6.07, 6.45) is 1.46. The summed E-state index contributed by atoms with van der Waals surface area (Å²) in [7, 11) is 1.36. The monoisotopic (exact) mass is 322 g/mol. The van der Waals surface area contributed by atoms with Gasteiger partial charge < -0.3 is 9.47 Å². The van der Waals surface area contributed by atoms with Crippen molar-refractivity contribution < 1.29 is 18.3 Å². The molecule has 2 aromatic rings. The Labute approximate surface area is 130 Å². The molecule has 22 heavy (non-hydrogen) atoms. The number of methoxy groups -OCH3 is 1. The van der Waals surface area contributed by atoms with Crippen LogP contribution in [0.3, 0.4) is 0 Å². The van der Waals surface area contributed by atoms with Crippen LogP contribution in [0.15, 0.2) is 23.6 Å². The van der Waals surface area contributed by atoms with E-state index in [1.54, 1.807) is 12.1 Å². The van der Waals surface area contributed by atoms with Gasteiger partial charge in [-0.1, -0.05) is 12.1 Å². The molecule has 0 saturated heterocycles. The van der Waals surface area contributed by atoms with Gasteiger partial charge in [-0.15, -0.1) is 11.3 Å². The van der Waals surface area contributed by atoms with E-state index in [1.165, 1.54) is 30.6 Å². The largest absolute Gasteiger partial charge is 0.493 e. The molecule has 1 heterocycles. The van der Waals surface area contributed by atoms with E-state index in [4.69, 9.17) is 4.74 Å². The molecule has 0 unspecified atom stereocenters. The van der Waals surface area contributed by atoms with Gasteiger partial charge in [0, 0.05) is 16.6 Å². The normalized spacial score (nSPS) is 11.4. The zero-order chi connectivity index (χ0) is 16.1. The summed E-state index contributed by atoms with van der Waals surface area (Å²) in [5, 5.41) is 11.6. The number of benzene rings is 1. The van der Waals surface area contributed by atoms with Gasteiger partial charge in [-0.3, -0.25) is 0 Å². The molecule has 0 saturated carbocycles. The number of para-hydroxylation sites is 1. The fourth-order valence-corrected chi connectivity index (χ4v) is 2.56. The van der Waals surface area contributed by atoms with Crippen LogP contribution in [-0.4, -0.2) is 18.7 Å². The number of nitrogens with zero attached hydrogens (tertiary/aromatic N) is 2. The highest BCUT2D eigenvalue weighted by Gasteiger charge is 2.15. The Bertz CT molecular complexity index is 735. The summed E-state index contributed by atoms with van der Waals surface area (Å²) in [6, 6.07) is 6.73. The van der Waals surface area contributed by atoms with Crippen LogP contribution < -0.4 is 9.47 Å². The lowest BCUT2D eigenvalue weighted by Crippen LogP contribution is -2.05. The van der Waals surface area contributed by atoms with Gasteiger partial charge in [0.05, 0.1) is 12.7 Å². The number of aryl methyl sites for hydroxylation is 1. The van der Waals surface area contributed by atoms with Crippen molar-refractivity contribution in [1.82, 2.24) is 4.98 Å². The number of aromatic nitrogens is 1. The van der Waals surface area contributed by atoms with Crippen molar-refractivity contribution in [2.24, 2.45) is 0 Å². The highest BCUT2D eigenvalue weighted by molar-refractivity contribution is 7.11. The second-order valence-corrected chi connectivity index (χ2v) is 5.08. The first-order chi connectivity index (χ1) is 10.5. The van der Waals surface area contributed by atoms with E-state index in [0.29, 0.717) is 10.6 Å². The van der Waals surface area contributed by atoms with Crippen LogP contribution in [-0.2, 0) is 0 Å². The van der Waals surface area contributed by atoms with E-state index in [9.17, 15) is 14.0 Å². The van der Waals surface area contributed by atoms with Gasteiger partial charge in [0.1, 0.15) is 11.1 Å². The summed E-state index contributed by atoms with van der Waals surface area (Å²) in [6.45, 7) is -1.18. The van der Waals surface area contributed by atoms with E-state index in [-0.39, 0.29) is 17.1 Å². The van der Waals surface area contributed by atoms with Crippen LogP contribution in [0.4, 0.5) is 8.78 Å². The minimum absolute atomic E-state index is 0.110. The number of alkyl halides is 2. The molecule has 4 nitrogen and oxygen atoms in total. The third-order valence-electron chi connectivity index (χ3n) is 2.71. The van der Waals surface area contributed by atoms with Gasteiger partial charge in [0.2, 0.25) is 0 Å². The quantitative estimate of drug-likeness (QED) is 0.777. The van der Waals surface area contributed by atoms with E-state index in [0.717, 1.165) is 5.69 Å². The third kappa shape index (κ3) is 3.59. The first-order valence-electron chi connectivity index (χ1n) is 6.21. The molecule has 0 aliphatic heterocycles. The topological polar surface area (TPSA) is 55.1 Å². The number of rotatable bonds is 5. The molecule has 114 valence electrons. The summed E-state index contributed by atoms with van der Waals surface area (Å²) >= 11 is 1.31.